The SMILES string of the molecule is O=S1(=O)Oc2nc3cc(N4CCn5c(nnc5C(F)(F)F)C4)ccc3c(Oc3cn(C4CC4)nc3C3CCOCC3)c2O1. The maximum absolute atomic E-state index is 13.3. The van der Waals surface area contributed by atoms with E-state index in [9.17, 15) is 21.6 Å². The van der Waals surface area contributed by atoms with Gasteiger partial charge in [0.25, 0.3) is 11.6 Å². The summed E-state index contributed by atoms with van der Waals surface area (Å²) in [6.07, 6.45) is 0.823. The summed E-state index contributed by atoms with van der Waals surface area (Å²) in [6, 6.07) is 5.46. The Hall–Kier alpha value is -4.12. The van der Waals surface area contributed by atoms with Crippen LogP contribution in [0.25, 0.3) is 10.9 Å². The first-order chi connectivity index (χ1) is 20.6. The van der Waals surface area contributed by atoms with Gasteiger partial charge in [-0.05, 0) is 43.9 Å². The van der Waals surface area contributed by atoms with Crippen LogP contribution in [0, 0.1) is 0 Å². The molecule has 0 unspecified atom stereocenters. The minimum Gasteiger partial charge on any atom is -0.449 e. The molecule has 226 valence electrons. The third-order valence-electron chi connectivity index (χ3n) is 8.05. The molecule has 6 heterocycles. The highest BCUT2D eigenvalue weighted by Crippen LogP contribution is 2.50. The number of benzene rings is 1. The number of halogens is 3. The standard InChI is InChI=1S/C26H24F3N7O6S/c27-26(28,29)25-32-31-20-13-34(7-8-35(20)25)16-3-4-17-18(11-16)30-24-23(41-43(37,38)42-24)22(17)40-19-12-36(15-1-2-15)33-21(19)14-5-9-39-10-6-14/h3-4,11-12,14-15H,1-2,5-10,13H2. The van der Waals surface area contributed by atoms with Crippen molar-refractivity contribution in [2.75, 3.05) is 24.7 Å². The number of alkyl halides is 3. The second-order valence-electron chi connectivity index (χ2n) is 10.9. The van der Waals surface area contributed by atoms with Crippen LogP contribution >= 0.6 is 0 Å². The maximum atomic E-state index is 13.3. The molecule has 0 bridgehead atoms. The van der Waals surface area contributed by atoms with Gasteiger partial charge in [0, 0.05) is 43.3 Å². The molecule has 0 N–H and O–H groups in total. The number of nitrogens with zero attached hydrogens (tertiary/aromatic N) is 7. The Labute approximate surface area is 242 Å². The normalized spacial score (nSPS) is 20.0. The van der Waals surface area contributed by atoms with Crippen molar-refractivity contribution < 1.29 is 39.4 Å². The van der Waals surface area contributed by atoms with E-state index >= 15 is 0 Å². The highest BCUT2D eigenvalue weighted by Gasteiger charge is 2.40. The molecule has 0 atom stereocenters. The van der Waals surface area contributed by atoms with Gasteiger partial charge in [0.2, 0.25) is 5.82 Å². The topological polar surface area (TPSA) is 136 Å². The molecule has 0 amide bonds. The van der Waals surface area contributed by atoms with Crippen LogP contribution in [0.5, 0.6) is 23.1 Å². The van der Waals surface area contributed by atoms with E-state index in [0.717, 1.165) is 35.9 Å². The van der Waals surface area contributed by atoms with E-state index in [1.807, 2.05) is 15.8 Å². The van der Waals surface area contributed by atoms with E-state index in [1.54, 1.807) is 18.2 Å². The molecule has 17 heteroatoms. The number of pyridine rings is 1. The highest BCUT2D eigenvalue weighted by molar-refractivity contribution is 7.82. The van der Waals surface area contributed by atoms with Crippen LogP contribution in [0.2, 0.25) is 0 Å². The van der Waals surface area contributed by atoms with Gasteiger partial charge in [0.15, 0.2) is 17.3 Å². The zero-order chi connectivity index (χ0) is 29.5. The van der Waals surface area contributed by atoms with E-state index in [2.05, 4.69) is 15.2 Å². The number of ether oxygens (including phenoxy) is 2. The molecular weight excluding hydrogens is 595 g/mol. The first kappa shape index (κ1) is 26.5. The number of hydrogen-bond donors (Lipinski definition) is 0. The zero-order valence-corrected chi connectivity index (χ0v) is 23.3. The van der Waals surface area contributed by atoms with Crippen molar-refractivity contribution in [3.8, 4) is 23.1 Å². The van der Waals surface area contributed by atoms with Crippen molar-refractivity contribution >= 4 is 27.0 Å². The van der Waals surface area contributed by atoms with Crippen molar-refractivity contribution in [3.05, 3.63) is 41.7 Å². The second-order valence-corrected chi connectivity index (χ2v) is 12.1. The first-order valence-electron chi connectivity index (χ1n) is 13.8. The van der Waals surface area contributed by atoms with Crippen molar-refractivity contribution in [1.29, 1.82) is 0 Å². The molecule has 3 aliphatic heterocycles. The van der Waals surface area contributed by atoms with Gasteiger partial charge in [0.1, 0.15) is 5.69 Å². The molecule has 1 saturated carbocycles. The summed E-state index contributed by atoms with van der Waals surface area (Å²) in [6.45, 7) is 1.60. The average Bonchev–Trinajstić information content (AvgIpc) is 3.45. The summed E-state index contributed by atoms with van der Waals surface area (Å²) in [7, 11) is -4.40. The van der Waals surface area contributed by atoms with Crippen LogP contribution in [0.15, 0.2) is 24.4 Å². The lowest BCUT2D eigenvalue weighted by Gasteiger charge is -2.30. The average molecular weight is 620 g/mol. The van der Waals surface area contributed by atoms with Gasteiger partial charge in [-0.25, -0.2) is 4.98 Å². The van der Waals surface area contributed by atoms with Gasteiger partial charge in [0.05, 0.1) is 24.3 Å². The maximum Gasteiger partial charge on any atom is 0.503 e. The molecule has 13 nitrogen and oxygen atoms in total. The number of rotatable bonds is 5. The molecule has 4 aliphatic rings. The van der Waals surface area contributed by atoms with E-state index in [4.69, 9.17) is 22.9 Å². The predicted octanol–water partition coefficient (Wildman–Crippen LogP) is 4.10. The summed E-state index contributed by atoms with van der Waals surface area (Å²) in [4.78, 5) is 6.24. The fourth-order valence-corrected chi connectivity index (χ4v) is 6.46. The summed E-state index contributed by atoms with van der Waals surface area (Å²) in [5, 5.41) is 12.4. The fraction of sp³-hybridized carbons (Fsp3) is 0.462. The molecule has 43 heavy (non-hydrogen) atoms. The summed E-state index contributed by atoms with van der Waals surface area (Å²) in [5.41, 5.74) is 1.75. The summed E-state index contributed by atoms with van der Waals surface area (Å²) < 4.78 is 89.7. The van der Waals surface area contributed by atoms with Gasteiger partial charge in [-0.2, -0.15) is 18.3 Å². The zero-order valence-electron chi connectivity index (χ0n) is 22.5. The third kappa shape index (κ3) is 4.70. The molecule has 0 radical (unpaired) electrons. The molecule has 8 rings (SSSR count). The van der Waals surface area contributed by atoms with Crippen molar-refractivity contribution in [3.63, 3.8) is 0 Å². The molecule has 1 aromatic carbocycles. The number of anilines is 1. The lowest BCUT2D eigenvalue weighted by atomic mass is 9.96. The van der Waals surface area contributed by atoms with Gasteiger partial charge in [-0.15, -0.1) is 18.6 Å². The molecular formula is C26H24F3N7O6S. The third-order valence-corrected chi connectivity index (χ3v) is 8.79. The molecule has 1 aliphatic carbocycles. The van der Waals surface area contributed by atoms with E-state index in [0.29, 0.717) is 41.6 Å². The van der Waals surface area contributed by atoms with Gasteiger partial charge >= 0.3 is 16.6 Å². The van der Waals surface area contributed by atoms with Crippen LogP contribution < -0.4 is 18.0 Å². The minimum atomic E-state index is -4.60. The number of hydrogen-bond acceptors (Lipinski definition) is 11. The van der Waals surface area contributed by atoms with Crippen LogP contribution in [-0.4, -0.2) is 57.7 Å². The fourth-order valence-electron chi connectivity index (χ4n) is 5.77. The van der Waals surface area contributed by atoms with E-state index in [1.165, 1.54) is 0 Å². The summed E-state index contributed by atoms with van der Waals surface area (Å²) >= 11 is 0. The number of aromatic nitrogens is 6. The van der Waals surface area contributed by atoms with E-state index < -0.39 is 22.4 Å². The Balaban J connectivity index is 1.18. The van der Waals surface area contributed by atoms with Crippen LogP contribution in [-0.2, 0) is 34.4 Å². The molecule has 1 saturated heterocycles. The van der Waals surface area contributed by atoms with Crippen molar-refractivity contribution in [1.82, 2.24) is 29.5 Å². The molecule has 0 spiro atoms. The van der Waals surface area contributed by atoms with Crippen molar-refractivity contribution in [2.24, 2.45) is 0 Å². The van der Waals surface area contributed by atoms with E-state index in [-0.39, 0.29) is 48.8 Å². The van der Waals surface area contributed by atoms with Crippen LogP contribution in [0.1, 0.15) is 55.0 Å². The Morgan fingerprint density at radius 3 is 2.60 bits per heavy atom. The van der Waals surface area contributed by atoms with Gasteiger partial charge in [-0.1, -0.05) is 0 Å². The Kier molecular flexibility index (Phi) is 5.82. The van der Waals surface area contributed by atoms with Crippen molar-refractivity contribution in [2.45, 2.75) is 56.9 Å². The van der Waals surface area contributed by atoms with Gasteiger partial charge in [-0.3, -0.25) is 4.68 Å². The Morgan fingerprint density at radius 1 is 1.02 bits per heavy atom. The largest absolute Gasteiger partial charge is 0.503 e. The monoisotopic (exact) mass is 619 g/mol. The smallest absolute Gasteiger partial charge is 0.449 e. The van der Waals surface area contributed by atoms with Crippen LogP contribution in [0.3, 0.4) is 0 Å². The minimum absolute atomic E-state index is 0.0380. The quantitative estimate of drug-likeness (QED) is 0.319. The van der Waals surface area contributed by atoms with Crippen LogP contribution in [0.4, 0.5) is 18.9 Å². The molecule has 2 fully saturated rings. The predicted molar refractivity (Wildman–Crippen MR) is 141 cm³/mol. The first-order valence-corrected chi connectivity index (χ1v) is 15.2. The lowest BCUT2D eigenvalue weighted by Crippen LogP contribution is -2.35. The highest BCUT2D eigenvalue weighted by atomic mass is 32.3. The molecule has 3 aromatic heterocycles. The molecule has 4 aromatic rings. The summed E-state index contributed by atoms with van der Waals surface area (Å²) in [5.74, 6) is -0.565. The Bertz CT molecular complexity index is 1860. The Morgan fingerprint density at radius 2 is 1.84 bits per heavy atom. The van der Waals surface area contributed by atoms with Gasteiger partial charge < -0.3 is 27.3 Å². The number of fused-ring (bicyclic) bond motifs is 3. The second kappa shape index (κ2) is 9.44. The lowest BCUT2D eigenvalue weighted by molar-refractivity contribution is -0.147.